The van der Waals surface area contributed by atoms with Gasteiger partial charge in [-0.3, -0.25) is 14.4 Å². The van der Waals surface area contributed by atoms with Crippen molar-refractivity contribution in [3.8, 4) is 0 Å². The van der Waals surface area contributed by atoms with E-state index in [2.05, 4.69) is 93.7 Å². The monoisotopic (exact) mass is 1120 g/mol. The van der Waals surface area contributed by atoms with Crippen LogP contribution in [0, 0.1) is 0 Å². The third-order valence-electron chi connectivity index (χ3n) is 15.4. The van der Waals surface area contributed by atoms with Crippen LogP contribution in [0.1, 0.15) is 361 Å². The zero-order valence-corrected chi connectivity index (χ0v) is 53.3. The highest BCUT2D eigenvalue weighted by molar-refractivity contribution is 5.71. The average Bonchev–Trinajstić information content (AvgIpc) is 3.46. The Morgan fingerprint density at radius 2 is 0.487 bits per heavy atom. The largest absolute Gasteiger partial charge is 0.462 e. The van der Waals surface area contributed by atoms with Gasteiger partial charge in [0.05, 0.1) is 0 Å². The molecule has 1 unspecified atom stereocenters. The van der Waals surface area contributed by atoms with Crippen molar-refractivity contribution in [2.75, 3.05) is 13.2 Å². The Morgan fingerprint density at radius 1 is 0.263 bits per heavy atom. The van der Waals surface area contributed by atoms with E-state index in [0.717, 1.165) is 96.3 Å². The molecule has 464 valence electrons. The van der Waals surface area contributed by atoms with E-state index < -0.39 is 6.10 Å². The molecule has 0 aromatic rings. The minimum atomic E-state index is -0.776. The third kappa shape index (κ3) is 65.7. The minimum Gasteiger partial charge on any atom is -0.462 e. The Kier molecular flexibility index (Phi) is 65.7. The zero-order chi connectivity index (χ0) is 57.8. The molecule has 0 aromatic heterocycles. The van der Waals surface area contributed by atoms with Crippen molar-refractivity contribution in [1.29, 1.82) is 0 Å². The summed E-state index contributed by atoms with van der Waals surface area (Å²) in [4.78, 5) is 38.3. The fourth-order valence-corrected chi connectivity index (χ4v) is 10.2. The van der Waals surface area contributed by atoms with Crippen LogP contribution in [-0.4, -0.2) is 37.2 Å². The molecule has 0 aliphatic carbocycles. The van der Waals surface area contributed by atoms with Gasteiger partial charge in [-0.15, -0.1) is 0 Å². The molecule has 0 heterocycles. The van der Waals surface area contributed by atoms with E-state index in [1.54, 1.807) is 0 Å². The van der Waals surface area contributed by atoms with Gasteiger partial charge in [-0.2, -0.15) is 0 Å². The predicted octanol–water partition coefficient (Wildman–Crippen LogP) is 24.1. The van der Waals surface area contributed by atoms with Gasteiger partial charge in [0.25, 0.3) is 0 Å². The summed E-state index contributed by atoms with van der Waals surface area (Å²) >= 11 is 0. The molecule has 80 heavy (non-hydrogen) atoms. The quantitative estimate of drug-likeness (QED) is 0.0261. The highest BCUT2D eigenvalue weighted by atomic mass is 16.6. The smallest absolute Gasteiger partial charge is 0.306 e. The van der Waals surface area contributed by atoms with Crippen molar-refractivity contribution >= 4 is 17.9 Å². The summed E-state index contributed by atoms with van der Waals surface area (Å²) in [5, 5.41) is 0. The average molecular weight is 1120 g/mol. The van der Waals surface area contributed by atoms with Crippen molar-refractivity contribution in [2.45, 2.75) is 367 Å². The van der Waals surface area contributed by atoms with Crippen LogP contribution < -0.4 is 0 Å². The van der Waals surface area contributed by atoms with Crippen LogP contribution in [0.4, 0.5) is 0 Å². The number of rotatable bonds is 64. The molecule has 0 rings (SSSR count). The van der Waals surface area contributed by atoms with Crippen molar-refractivity contribution in [3.63, 3.8) is 0 Å². The first-order valence-electron chi connectivity index (χ1n) is 34.9. The van der Waals surface area contributed by atoms with Crippen molar-refractivity contribution in [3.05, 3.63) is 72.9 Å². The van der Waals surface area contributed by atoms with Gasteiger partial charge < -0.3 is 14.2 Å². The Labute approximate surface area is 497 Å². The Bertz CT molecular complexity index is 1470. The normalized spacial score (nSPS) is 12.5. The van der Waals surface area contributed by atoms with Gasteiger partial charge in [0.2, 0.25) is 0 Å². The van der Waals surface area contributed by atoms with Gasteiger partial charge in [-0.05, 0) is 89.9 Å². The molecule has 0 amide bonds. The SMILES string of the molecule is CC/C=C\C/C=C\C/C=C\C/C=C\C/C=C\CCCCCCCCCCCCCCCCCCCC(=O)OCC(COC(=O)CCCCCCCCCCCCCCC)OC(=O)CCCCCCC/C=C\CCCCCCCCC. The zero-order valence-electron chi connectivity index (χ0n) is 53.3. The van der Waals surface area contributed by atoms with E-state index in [0.29, 0.717) is 19.3 Å². The number of hydrogen-bond acceptors (Lipinski definition) is 6. The van der Waals surface area contributed by atoms with Crippen molar-refractivity contribution < 1.29 is 28.6 Å². The number of allylic oxidation sites excluding steroid dienone is 12. The molecule has 0 N–H and O–H groups in total. The lowest BCUT2D eigenvalue weighted by Crippen LogP contribution is -2.30. The van der Waals surface area contributed by atoms with Gasteiger partial charge in [0.1, 0.15) is 13.2 Å². The maximum Gasteiger partial charge on any atom is 0.306 e. The lowest BCUT2D eigenvalue weighted by Gasteiger charge is -2.18. The molecule has 0 bridgehead atoms. The molecule has 0 fully saturated rings. The van der Waals surface area contributed by atoms with Crippen LogP contribution in [0.2, 0.25) is 0 Å². The maximum absolute atomic E-state index is 12.9. The van der Waals surface area contributed by atoms with Crippen molar-refractivity contribution in [1.82, 2.24) is 0 Å². The molecule has 0 saturated carbocycles. The number of carbonyl (C=O) groups is 3. The highest BCUT2D eigenvalue weighted by Crippen LogP contribution is 2.18. The summed E-state index contributed by atoms with van der Waals surface area (Å²) in [5.41, 5.74) is 0. The van der Waals surface area contributed by atoms with Crippen LogP contribution in [0.3, 0.4) is 0 Å². The highest BCUT2D eigenvalue weighted by Gasteiger charge is 2.19. The van der Waals surface area contributed by atoms with E-state index in [9.17, 15) is 14.4 Å². The number of esters is 3. The van der Waals surface area contributed by atoms with Gasteiger partial charge in [0.15, 0.2) is 6.10 Å². The molecule has 0 aliphatic heterocycles. The standard InChI is InChI=1S/C74H132O6/c1-4-7-10-13-16-19-22-25-27-29-30-31-32-33-34-35-36-37-38-39-40-41-42-43-44-45-47-49-52-55-58-61-64-67-73(76)79-70-71(69-78-72(75)66-63-60-57-54-51-48-24-21-18-15-12-9-6-3)80-74(77)68-65-62-59-56-53-50-46-28-26-23-20-17-14-11-8-5-2/h7,10,16,19,25,27-28,30-31,33-34,46,71H,4-6,8-9,11-15,17-18,20-24,26,29,32,35-45,47-70H2,1-3H3/b10-7-,19-16-,27-25-,31-30-,34-33-,46-28-. The minimum absolute atomic E-state index is 0.0723. The number of ether oxygens (including phenoxy) is 3. The van der Waals surface area contributed by atoms with Crippen LogP contribution in [0.15, 0.2) is 72.9 Å². The lowest BCUT2D eigenvalue weighted by molar-refractivity contribution is -0.167. The number of unbranched alkanes of at least 4 members (excludes halogenated alkanes) is 41. The summed E-state index contributed by atoms with van der Waals surface area (Å²) in [6.45, 7) is 6.57. The predicted molar refractivity (Wildman–Crippen MR) is 348 cm³/mol. The summed E-state index contributed by atoms with van der Waals surface area (Å²) in [5.74, 6) is -0.859. The van der Waals surface area contributed by atoms with Gasteiger partial charge in [0, 0.05) is 19.3 Å². The van der Waals surface area contributed by atoms with Crippen LogP contribution >= 0.6 is 0 Å². The van der Waals surface area contributed by atoms with E-state index in [1.165, 1.54) is 225 Å². The first-order chi connectivity index (χ1) is 39.5. The second-order valence-corrected chi connectivity index (χ2v) is 23.4. The Balaban J connectivity index is 4.15. The number of carbonyl (C=O) groups excluding carboxylic acids is 3. The molecule has 0 aromatic carbocycles. The molecule has 6 nitrogen and oxygen atoms in total. The Morgan fingerprint density at radius 3 is 0.775 bits per heavy atom. The molecule has 0 saturated heterocycles. The molecule has 0 spiro atoms. The van der Waals surface area contributed by atoms with Crippen LogP contribution in [0.25, 0.3) is 0 Å². The van der Waals surface area contributed by atoms with E-state index in [1.807, 2.05) is 0 Å². The first-order valence-corrected chi connectivity index (χ1v) is 34.9. The van der Waals surface area contributed by atoms with Gasteiger partial charge in [-0.1, -0.05) is 325 Å². The first kappa shape index (κ1) is 76.9. The molecule has 0 aliphatic rings. The molecule has 6 heteroatoms. The lowest BCUT2D eigenvalue weighted by atomic mass is 10.0. The van der Waals surface area contributed by atoms with Crippen molar-refractivity contribution in [2.24, 2.45) is 0 Å². The van der Waals surface area contributed by atoms with Gasteiger partial charge >= 0.3 is 17.9 Å². The summed E-state index contributed by atoms with van der Waals surface area (Å²) < 4.78 is 17.0. The van der Waals surface area contributed by atoms with Gasteiger partial charge in [-0.25, -0.2) is 0 Å². The van der Waals surface area contributed by atoms with E-state index in [-0.39, 0.29) is 31.1 Å². The summed E-state index contributed by atoms with van der Waals surface area (Å²) in [6.07, 6.45) is 89.3. The second-order valence-electron chi connectivity index (χ2n) is 23.4. The molecular weight excluding hydrogens is 985 g/mol. The fourth-order valence-electron chi connectivity index (χ4n) is 10.2. The molecule has 1 atom stereocenters. The fraction of sp³-hybridized carbons (Fsp3) is 0.797. The summed E-state index contributed by atoms with van der Waals surface area (Å²) in [6, 6.07) is 0. The molecular formula is C74H132O6. The maximum atomic E-state index is 12.9. The Hall–Kier alpha value is -3.15. The summed E-state index contributed by atoms with van der Waals surface area (Å²) in [7, 11) is 0. The van der Waals surface area contributed by atoms with Crippen LogP contribution in [0.5, 0.6) is 0 Å². The van der Waals surface area contributed by atoms with E-state index in [4.69, 9.17) is 14.2 Å². The number of hydrogen-bond donors (Lipinski definition) is 0. The topological polar surface area (TPSA) is 78.9 Å². The van der Waals surface area contributed by atoms with Crippen LogP contribution in [-0.2, 0) is 28.6 Å². The third-order valence-corrected chi connectivity index (χ3v) is 15.4. The molecule has 0 radical (unpaired) electrons. The second kappa shape index (κ2) is 68.3. The van der Waals surface area contributed by atoms with E-state index >= 15 is 0 Å².